The third-order valence-corrected chi connectivity index (χ3v) is 4.54. The minimum Gasteiger partial charge on any atom is -0.491 e. The van der Waals surface area contributed by atoms with Crippen LogP contribution in [-0.2, 0) is 18.9 Å². The van der Waals surface area contributed by atoms with E-state index in [0.717, 1.165) is 11.3 Å². The van der Waals surface area contributed by atoms with Crippen molar-refractivity contribution in [1.29, 1.82) is 0 Å². The highest BCUT2D eigenvalue weighted by atomic mass is 16.6. The average Bonchev–Trinajstić information content (AvgIpc) is 2.71. The SMILES string of the molecule is COCCOCCOCCOCCOc1ccc(-c2cc(C)ccc2C)cc1C. The second-order valence-corrected chi connectivity index (χ2v) is 6.98. The second kappa shape index (κ2) is 13.3. The molecule has 0 unspecified atom stereocenters. The van der Waals surface area contributed by atoms with E-state index in [1.165, 1.54) is 22.3 Å². The number of hydrogen-bond donors (Lipinski definition) is 0. The lowest BCUT2D eigenvalue weighted by molar-refractivity contribution is 0.000142. The summed E-state index contributed by atoms with van der Waals surface area (Å²) < 4.78 is 27.1. The predicted molar refractivity (Wildman–Crippen MR) is 116 cm³/mol. The lowest BCUT2D eigenvalue weighted by Gasteiger charge is -2.13. The van der Waals surface area contributed by atoms with Crippen LogP contribution in [0.25, 0.3) is 11.1 Å². The standard InChI is InChI=1S/C24H34O5/c1-19-5-6-20(2)23(17-19)22-7-8-24(21(3)18-22)29-16-15-28-14-13-27-12-11-26-10-9-25-4/h5-8,17-18H,9-16H2,1-4H3. The molecule has 0 fully saturated rings. The monoisotopic (exact) mass is 402 g/mol. The van der Waals surface area contributed by atoms with Gasteiger partial charge >= 0.3 is 0 Å². The first-order valence-corrected chi connectivity index (χ1v) is 10.1. The van der Waals surface area contributed by atoms with E-state index in [9.17, 15) is 0 Å². The third kappa shape index (κ3) is 8.54. The van der Waals surface area contributed by atoms with Gasteiger partial charge in [-0.1, -0.05) is 29.8 Å². The Morgan fingerprint density at radius 3 is 1.86 bits per heavy atom. The van der Waals surface area contributed by atoms with Crippen molar-refractivity contribution in [2.24, 2.45) is 0 Å². The van der Waals surface area contributed by atoms with Crippen molar-refractivity contribution in [1.82, 2.24) is 0 Å². The molecule has 2 aromatic carbocycles. The van der Waals surface area contributed by atoms with Gasteiger partial charge < -0.3 is 23.7 Å². The first-order valence-electron chi connectivity index (χ1n) is 10.1. The van der Waals surface area contributed by atoms with Crippen LogP contribution in [0.3, 0.4) is 0 Å². The topological polar surface area (TPSA) is 46.2 Å². The average molecular weight is 403 g/mol. The van der Waals surface area contributed by atoms with Crippen LogP contribution in [0.2, 0.25) is 0 Å². The largest absolute Gasteiger partial charge is 0.491 e. The zero-order chi connectivity index (χ0) is 20.9. The van der Waals surface area contributed by atoms with Crippen LogP contribution >= 0.6 is 0 Å². The fourth-order valence-electron chi connectivity index (χ4n) is 2.92. The molecule has 5 heteroatoms. The van der Waals surface area contributed by atoms with E-state index in [1.807, 2.05) is 6.07 Å². The molecule has 2 rings (SSSR count). The van der Waals surface area contributed by atoms with Crippen LogP contribution in [0.1, 0.15) is 16.7 Å². The number of ether oxygens (including phenoxy) is 5. The number of benzene rings is 2. The van der Waals surface area contributed by atoms with Crippen molar-refractivity contribution >= 4 is 0 Å². The van der Waals surface area contributed by atoms with Gasteiger partial charge in [0.05, 0.1) is 46.2 Å². The molecule has 2 aromatic rings. The van der Waals surface area contributed by atoms with Gasteiger partial charge in [0.15, 0.2) is 0 Å². The summed E-state index contributed by atoms with van der Waals surface area (Å²) in [5.74, 6) is 0.895. The molecule has 5 nitrogen and oxygen atoms in total. The summed E-state index contributed by atoms with van der Waals surface area (Å²) in [7, 11) is 1.66. The maximum Gasteiger partial charge on any atom is 0.122 e. The number of rotatable bonds is 14. The molecule has 160 valence electrons. The zero-order valence-electron chi connectivity index (χ0n) is 18.2. The lowest BCUT2D eigenvalue weighted by atomic mass is 9.97. The molecule has 29 heavy (non-hydrogen) atoms. The Hall–Kier alpha value is -1.92. The van der Waals surface area contributed by atoms with Crippen LogP contribution in [-0.4, -0.2) is 60.0 Å². The number of methoxy groups -OCH3 is 1. The van der Waals surface area contributed by atoms with Crippen LogP contribution in [0.5, 0.6) is 5.75 Å². The maximum absolute atomic E-state index is 5.87. The van der Waals surface area contributed by atoms with Crippen molar-refractivity contribution in [2.75, 3.05) is 60.0 Å². The molecule has 0 heterocycles. The van der Waals surface area contributed by atoms with Crippen LogP contribution in [0, 0.1) is 20.8 Å². The first-order chi connectivity index (χ1) is 14.1. The summed E-state index contributed by atoms with van der Waals surface area (Å²) in [6.07, 6.45) is 0. The van der Waals surface area contributed by atoms with Crippen molar-refractivity contribution in [3.05, 3.63) is 53.1 Å². The van der Waals surface area contributed by atoms with Gasteiger partial charge in [-0.3, -0.25) is 0 Å². The fourth-order valence-corrected chi connectivity index (χ4v) is 2.92. The summed E-state index contributed by atoms with van der Waals surface area (Å²) in [6.45, 7) is 10.8. The minimum atomic E-state index is 0.518. The molecular weight excluding hydrogens is 368 g/mol. The van der Waals surface area contributed by atoms with E-state index in [1.54, 1.807) is 7.11 Å². The van der Waals surface area contributed by atoms with Gasteiger partial charge in [0.1, 0.15) is 12.4 Å². The first kappa shape index (κ1) is 23.4. The number of aryl methyl sites for hydroxylation is 3. The van der Waals surface area contributed by atoms with E-state index >= 15 is 0 Å². The molecule has 0 bridgehead atoms. The third-order valence-electron chi connectivity index (χ3n) is 4.54. The molecule has 0 N–H and O–H groups in total. The van der Waals surface area contributed by atoms with Gasteiger partial charge in [-0.2, -0.15) is 0 Å². The minimum absolute atomic E-state index is 0.518. The second-order valence-electron chi connectivity index (χ2n) is 6.98. The van der Waals surface area contributed by atoms with E-state index in [-0.39, 0.29) is 0 Å². The summed E-state index contributed by atoms with van der Waals surface area (Å²) in [4.78, 5) is 0. The Morgan fingerprint density at radius 1 is 0.621 bits per heavy atom. The molecule has 0 aliphatic rings. The van der Waals surface area contributed by atoms with Crippen molar-refractivity contribution in [3.63, 3.8) is 0 Å². The molecular formula is C24H34O5. The Labute approximate surface area is 174 Å². The zero-order valence-corrected chi connectivity index (χ0v) is 18.2. The highest BCUT2D eigenvalue weighted by Crippen LogP contribution is 2.29. The molecule has 0 radical (unpaired) electrons. The number of hydrogen-bond acceptors (Lipinski definition) is 5. The Bertz CT molecular complexity index is 729. The van der Waals surface area contributed by atoms with Crippen LogP contribution in [0.15, 0.2) is 36.4 Å². The maximum atomic E-state index is 5.87. The highest BCUT2D eigenvalue weighted by molar-refractivity contribution is 5.69. The fraction of sp³-hybridized carbons (Fsp3) is 0.500. The molecule has 0 saturated heterocycles. The normalized spacial score (nSPS) is 11.0. The van der Waals surface area contributed by atoms with Gasteiger partial charge in [-0.05, 0) is 55.2 Å². The van der Waals surface area contributed by atoms with Gasteiger partial charge in [0.2, 0.25) is 0 Å². The predicted octanol–water partition coefficient (Wildman–Crippen LogP) is 4.35. The van der Waals surface area contributed by atoms with Crippen molar-refractivity contribution in [3.8, 4) is 16.9 Å². The molecule has 0 atom stereocenters. The van der Waals surface area contributed by atoms with Gasteiger partial charge in [0.25, 0.3) is 0 Å². The Balaban J connectivity index is 1.63. The molecule has 0 aliphatic carbocycles. The van der Waals surface area contributed by atoms with E-state index in [0.29, 0.717) is 52.9 Å². The highest BCUT2D eigenvalue weighted by Gasteiger charge is 2.06. The summed E-state index contributed by atoms with van der Waals surface area (Å²) in [5, 5.41) is 0. The van der Waals surface area contributed by atoms with Crippen LogP contribution in [0.4, 0.5) is 0 Å². The van der Waals surface area contributed by atoms with Gasteiger partial charge in [-0.25, -0.2) is 0 Å². The quantitative estimate of drug-likeness (QED) is 0.440. The molecule has 0 aromatic heterocycles. The van der Waals surface area contributed by atoms with E-state index in [4.69, 9.17) is 23.7 Å². The summed E-state index contributed by atoms with van der Waals surface area (Å²) in [6, 6.07) is 12.9. The van der Waals surface area contributed by atoms with E-state index in [2.05, 4.69) is 51.1 Å². The van der Waals surface area contributed by atoms with Crippen LogP contribution < -0.4 is 4.74 Å². The molecule has 0 saturated carbocycles. The smallest absolute Gasteiger partial charge is 0.122 e. The summed E-state index contributed by atoms with van der Waals surface area (Å²) >= 11 is 0. The van der Waals surface area contributed by atoms with Gasteiger partial charge in [0, 0.05) is 7.11 Å². The Kier molecular flexibility index (Phi) is 10.7. The van der Waals surface area contributed by atoms with Gasteiger partial charge in [-0.15, -0.1) is 0 Å². The molecule has 0 spiro atoms. The Morgan fingerprint density at radius 2 is 1.24 bits per heavy atom. The van der Waals surface area contributed by atoms with Crippen molar-refractivity contribution in [2.45, 2.75) is 20.8 Å². The van der Waals surface area contributed by atoms with Crippen molar-refractivity contribution < 1.29 is 23.7 Å². The lowest BCUT2D eigenvalue weighted by Crippen LogP contribution is -2.13. The van der Waals surface area contributed by atoms with E-state index < -0.39 is 0 Å². The summed E-state index contributed by atoms with van der Waals surface area (Å²) in [5.41, 5.74) is 6.16. The molecule has 0 amide bonds. The molecule has 0 aliphatic heterocycles.